The molecule has 1 aliphatic heterocycles. The van der Waals surface area contributed by atoms with Crippen LogP contribution in [0.1, 0.15) is 0 Å². The summed E-state index contributed by atoms with van der Waals surface area (Å²) in [5.74, 6) is -2.54. The lowest BCUT2D eigenvalue weighted by molar-refractivity contribution is -0.328. The summed E-state index contributed by atoms with van der Waals surface area (Å²) in [7, 11) is -4.61. The molecule has 0 radical (unpaired) electrons. The topological polar surface area (TPSA) is 182 Å². The molecule has 1 rings (SSSR count). The third kappa shape index (κ3) is 3.28. The number of hydrogen-bond donors (Lipinski definition) is 4. The zero-order valence-corrected chi connectivity index (χ0v) is 9.63. The van der Waals surface area contributed by atoms with Crippen molar-refractivity contribution in [3.63, 3.8) is 0 Å². The maximum absolute atomic E-state index is 10.9. The Balaban J connectivity index is 2.74. The molecular weight excluding hydrogens is 274 g/mol. The Morgan fingerprint density at radius 1 is 1.50 bits per heavy atom. The average molecular weight is 285 g/mol. The molecule has 104 valence electrons. The smallest absolute Gasteiger partial charge is 0.358 e. The molecule has 4 N–H and O–H groups in total. The quantitative estimate of drug-likeness (QED) is 0.245. The summed E-state index contributed by atoms with van der Waals surface area (Å²) in [6.45, 7) is -1.65. The summed E-state index contributed by atoms with van der Waals surface area (Å²) in [6.07, 6.45) is -5.17. The van der Waals surface area contributed by atoms with Gasteiger partial charge in [0.2, 0.25) is 5.79 Å². The van der Waals surface area contributed by atoms with Gasteiger partial charge in [0.15, 0.2) is 0 Å². The van der Waals surface area contributed by atoms with Crippen molar-refractivity contribution in [2.45, 2.75) is 24.1 Å². The van der Waals surface area contributed by atoms with Crippen molar-refractivity contribution in [3.05, 3.63) is 10.4 Å². The molecule has 1 fully saturated rings. The zero-order valence-electron chi connectivity index (χ0n) is 8.82. The minimum absolute atomic E-state index is 0.542. The number of ether oxygens (including phenoxy) is 1. The lowest BCUT2D eigenvalue weighted by Gasteiger charge is -2.40. The van der Waals surface area contributed by atoms with E-state index in [-0.39, 0.29) is 0 Å². The van der Waals surface area contributed by atoms with Crippen LogP contribution in [0.15, 0.2) is 4.52 Å². The molecule has 4 atom stereocenters. The van der Waals surface area contributed by atoms with Crippen LogP contribution in [0, 0.1) is 0 Å². The van der Waals surface area contributed by atoms with E-state index < -0.39 is 47.6 Å². The van der Waals surface area contributed by atoms with Gasteiger partial charge in [-0.15, -0.1) is 0 Å². The summed E-state index contributed by atoms with van der Waals surface area (Å²) < 4.78 is 32.7. The number of azide groups is 1. The van der Waals surface area contributed by atoms with Crippen molar-refractivity contribution in [3.8, 4) is 0 Å². The Morgan fingerprint density at radius 3 is 2.67 bits per heavy atom. The number of nitrogens with zero attached hydrogens (tertiary/aromatic N) is 3. The fourth-order valence-electron chi connectivity index (χ4n) is 1.25. The molecule has 1 aliphatic rings. The lowest BCUT2D eigenvalue weighted by Crippen LogP contribution is -2.62. The lowest BCUT2D eigenvalue weighted by atomic mass is 9.98. The third-order valence-corrected chi connectivity index (χ3v) is 2.92. The van der Waals surface area contributed by atoms with Gasteiger partial charge >= 0.3 is 10.3 Å². The minimum atomic E-state index is -4.61. The van der Waals surface area contributed by atoms with E-state index in [0.717, 1.165) is 0 Å². The number of hydrogen-bond acceptors (Lipinski definition) is 8. The monoisotopic (exact) mass is 285 g/mol. The first kappa shape index (κ1) is 15.1. The van der Waals surface area contributed by atoms with Crippen molar-refractivity contribution in [1.29, 1.82) is 0 Å². The second-order valence-electron chi connectivity index (χ2n) is 3.52. The van der Waals surface area contributed by atoms with Gasteiger partial charge in [0.1, 0.15) is 24.9 Å². The van der Waals surface area contributed by atoms with Crippen LogP contribution in [-0.4, -0.2) is 66.2 Å². The zero-order chi connectivity index (χ0) is 14.0. The van der Waals surface area contributed by atoms with Crippen molar-refractivity contribution >= 4 is 10.3 Å². The molecule has 0 spiro atoms. The number of rotatable bonds is 4. The van der Waals surface area contributed by atoms with Crippen LogP contribution in [-0.2, 0) is 19.2 Å². The predicted octanol–water partition coefficient (Wildman–Crippen LogP) is -2.64. The van der Waals surface area contributed by atoms with E-state index in [0.29, 0.717) is 0 Å². The Bertz CT molecular complexity index is 448. The summed E-state index contributed by atoms with van der Waals surface area (Å²) in [4.78, 5) is 1.98. The molecule has 1 saturated heterocycles. The Labute approximate surface area is 101 Å². The van der Waals surface area contributed by atoms with Crippen molar-refractivity contribution in [2.75, 3.05) is 13.2 Å². The second kappa shape index (κ2) is 5.34. The Hall–Kier alpha value is -0.980. The van der Waals surface area contributed by atoms with E-state index in [4.69, 9.17) is 10.6 Å². The van der Waals surface area contributed by atoms with E-state index >= 15 is 0 Å². The number of aliphatic hydroxyl groups excluding tert-OH is 3. The van der Waals surface area contributed by atoms with Crippen molar-refractivity contribution in [1.82, 2.24) is 0 Å². The molecule has 1 heterocycles. The molecular formula is C6H11N3O8S. The van der Waals surface area contributed by atoms with E-state index in [1.54, 1.807) is 0 Å². The summed E-state index contributed by atoms with van der Waals surface area (Å²) >= 11 is 0. The first-order valence-electron chi connectivity index (χ1n) is 4.58. The summed E-state index contributed by atoms with van der Waals surface area (Å²) in [5, 5.41) is 37.5. The molecule has 0 bridgehead atoms. The molecule has 18 heavy (non-hydrogen) atoms. The second-order valence-corrected chi connectivity index (χ2v) is 4.77. The highest BCUT2D eigenvalue weighted by molar-refractivity contribution is 7.85. The Morgan fingerprint density at radius 2 is 2.11 bits per heavy atom. The van der Waals surface area contributed by atoms with Crippen LogP contribution in [0.3, 0.4) is 0 Å². The normalized spacial score (nSPS) is 37.0. The third-order valence-electron chi connectivity index (χ3n) is 2.24. The van der Waals surface area contributed by atoms with Crippen molar-refractivity contribution < 1.29 is 37.8 Å². The van der Waals surface area contributed by atoms with Gasteiger partial charge in [-0.1, -0.05) is 0 Å². The predicted molar refractivity (Wildman–Crippen MR) is 52.9 cm³/mol. The molecule has 0 unspecified atom stereocenters. The van der Waals surface area contributed by atoms with Crippen LogP contribution in [0.4, 0.5) is 0 Å². The van der Waals surface area contributed by atoms with E-state index in [1.807, 2.05) is 4.91 Å². The molecule has 0 aromatic heterocycles. The molecule has 12 heteroatoms. The Kier molecular flexibility index (Phi) is 4.47. The van der Waals surface area contributed by atoms with Gasteiger partial charge in [-0.2, -0.15) is 8.42 Å². The molecule has 0 amide bonds. The number of aliphatic hydroxyl groups is 4. The van der Waals surface area contributed by atoms with Crippen LogP contribution in [0.5, 0.6) is 0 Å². The SMILES string of the molecule is [N-]=[N+]=NS(=O)(=O)OC[C@@]1(O)OC[C@@H](O)[C@@H](O)[C@@H]1O. The van der Waals surface area contributed by atoms with E-state index in [9.17, 15) is 23.7 Å². The molecule has 0 aromatic carbocycles. The van der Waals surface area contributed by atoms with Crippen LogP contribution in [0.25, 0.3) is 10.4 Å². The first-order valence-corrected chi connectivity index (χ1v) is 5.94. The van der Waals surface area contributed by atoms with Gasteiger partial charge in [-0.05, 0) is 5.53 Å². The standard InChI is InChI=1S/C6H11N3O8S/c7-8-9-18(14,15)17-2-6(13)5(12)4(11)3(10)1-16-6/h3-5,10-13H,1-2H2/t3-,4-,5+,6-/m1/s1. The van der Waals surface area contributed by atoms with Gasteiger partial charge < -0.3 is 25.2 Å². The van der Waals surface area contributed by atoms with Gasteiger partial charge in [-0.3, -0.25) is 4.18 Å². The molecule has 0 saturated carbocycles. The van der Waals surface area contributed by atoms with Gasteiger partial charge in [0.25, 0.3) is 0 Å². The van der Waals surface area contributed by atoms with E-state index in [1.165, 1.54) is 0 Å². The fraction of sp³-hybridized carbons (Fsp3) is 1.00. The highest BCUT2D eigenvalue weighted by Crippen LogP contribution is 2.24. The van der Waals surface area contributed by atoms with Crippen LogP contribution >= 0.6 is 0 Å². The first-order chi connectivity index (χ1) is 8.22. The van der Waals surface area contributed by atoms with E-state index in [2.05, 4.69) is 13.4 Å². The summed E-state index contributed by atoms with van der Waals surface area (Å²) in [6, 6.07) is 0. The maximum Gasteiger partial charge on any atom is 0.358 e. The highest BCUT2D eigenvalue weighted by Gasteiger charge is 2.49. The fourth-order valence-corrected chi connectivity index (χ4v) is 1.70. The minimum Gasteiger partial charge on any atom is -0.388 e. The largest absolute Gasteiger partial charge is 0.388 e. The molecule has 0 aliphatic carbocycles. The van der Waals surface area contributed by atoms with Crippen LogP contribution in [0.2, 0.25) is 0 Å². The molecule has 11 nitrogen and oxygen atoms in total. The summed E-state index contributed by atoms with van der Waals surface area (Å²) in [5.41, 5.74) is 7.91. The highest BCUT2D eigenvalue weighted by atomic mass is 32.2. The van der Waals surface area contributed by atoms with Gasteiger partial charge in [0.05, 0.1) is 11.1 Å². The van der Waals surface area contributed by atoms with Gasteiger partial charge in [0, 0.05) is 4.91 Å². The van der Waals surface area contributed by atoms with Gasteiger partial charge in [-0.25, -0.2) is 0 Å². The molecule has 0 aromatic rings. The average Bonchev–Trinajstić information content (AvgIpc) is 2.30. The maximum atomic E-state index is 10.9. The van der Waals surface area contributed by atoms with Crippen LogP contribution < -0.4 is 0 Å². The van der Waals surface area contributed by atoms with Crippen molar-refractivity contribution in [2.24, 2.45) is 4.52 Å².